The van der Waals surface area contributed by atoms with Crippen molar-refractivity contribution in [2.75, 3.05) is 18.6 Å². The molecule has 1 aliphatic heterocycles. The molecule has 1 aromatic heterocycles. The quantitative estimate of drug-likeness (QED) is 0.870. The summed E-state index contributed by atoms with van der Waals surface area (Å²) >= 11 is 1.46. The van der Waals surface area contributed by atoms with Crippen LogP contribution in [0.4, 0.5) is 0 Å². The maximum Gasteiger partial charge on any atom is 0.226 e. The third-order valence-corrected chi connectivity index (χ3v) is 6.52. The minimum absolute atomic E-state index is 0.0326. The van der Waals surface area contributed by atoms with Crippen LogP contribution in [-0.2, 0) is 21.1 Å². The van der Waals surface area contributed by atoms with E-state index in [2.05, 4.69) is 10.3 Å². The summed E-state index contributed by atoms with van der Waals surface area (Å²) in [6, 6.07) is 7.31. The largest absolute Gasteiger partial charge is 0.497 e. The van der Waals surface area contributed by atoms with Crippen molar-refractivity contribution in [1.29, 1.82) is 0 Å². The molecule has 3 rings (SSSR count). The van der Waals surface area contributed by atoms with Crippen molar-refractivity contribution >= 4 is 27.1 Å². The number of benzene rings is 1. The van der Waals surface area contributed by atoms with Gasteiger partial charge in [0.15, 0.2) is 9.84 Å². The normalized spacial score (nSPS) is 19.1. The molecular formula is C16H18N2O4S2. The Morgan fingerprint density at radius 2 is 2.29 bits per heavy atom. The molecule has 1 atom stereocenters. The van der Waals surface area contributed by atoms with Crippen molar-refractivity contribution in [3.63, 3.8) is 0 Å². The first-order valence-electron chi connectivity index (χ1n) is 7.54. The third-order valence-electron chi connectivity index (χ3n) is 3.81. The number of carbonyl (C=O) groups excluding carboxylic acids is 1. The Hall–Kier alpha value is -1.93. The summed E-state index contributed by atoms with van der Waals surface area (Å²) in [6.07, 6.45) is 0.636. The Labute approximate surface area is 144 Å². The highest BCUT2D eigenvalue weighted by molar-refractivity contribution is 7.91. The zero-order chi connectivity index (χ0) is 17.2. The van der Waals surface area contributed by atoms with Crippen LogP contribution in [0.3, 0.4) is 0 Å². The van der Waals surface area contributed by atoms with E-state index in [9.17, 15) is 13.2 Å². The average molecular weight is 366 g/mol. The van der Waals surface area contributed by atoms with E-state index in [1.54, 1.807) is 7.11 Å². The van der Waals surface area contributed by atoms with Crippen LogP contribution in [0.1, 0.15) is 12.1 Å². The molecule has 0 aliphatic carbocycles. The number of thiazole rings is 1. The molecule has 1 fully saturated rings. The molecule has 24 heavy (non-hydrogen) atoms. The second-order valence-electron chi connectivity index (χ2n) is 5.72. The summed E-state index contributed by atoms with van der Waals surface area (Å²) in [5.74, 6) is 0.739. The first-order valence-corrected chi connectivity index (χ1v) is 10.2. The minimum Gasteiger partial charge on any atom is -0.497 e. The predicted molar refractivity (Wildman–Crippen MR) is 93.0 cm³/mol. The first kappa shape index (κ1) is 16.9. The lowest BCUT2D eigenvalue weighted by molar-refractivity contribution is -0.121. The van der Waals surface area contributed by atoms with Gasteiger partial charge in [0.1, 0.15) is 10.8 Å². The van der Waals surface area contributed by atoms with E-state index in [0.29, 0.717) is 12.1 Å². The van der Waals surface area contributed by atoms with Crippen molar-refractivity contribution in [2.45, 2.75) is 18.9 Å². The van der Waals surface area contributed by atoms with Gasteiger partial charge in [0, 0.05) is 17.0 Å². The Kier molecular flexibility index (Phi) is 4.86. The number of ether oxygens (including phenoxy) is 1. The van der Waals surface area contributed by atoms with Crippen LogP contribution in [0.5, 0.6) is 5.75 Å². The summed E-state index contributed by atoms with van der Waals surface area (Å²) in [6.45, 7) is 0. The maximum atomic E-state index is 12.1. The van der Waals surface area contributed by atoms with Gasteiger partial charge in [-0.15, -0.1) is 11.3 Å². The van der Waals surface area contributed by atoms with Gasteiger partial charge in [-0.25, -0.2) is 13.4 Å². The number of amides is 1. The molecule has 1 N–H and O–H groups in total. The van der Waals surface area contributed by atoms with Crippen LogP contribution in [0.25, 0.3) is 10.6 Å². The van der Waals surface area contributed by atoms with Gasteiger partial charge >= 0.3 is 0 Å². The van der Waals surface area contributed by atoms with E-state index in [1.165, 1.54) is 11.3 Å². The number of nitrogens with zero attached hydrogens (tertiary/aromatic N) is 1. The Morgan fingerprint density at radius 1 is 1.46 bits per heavy atom. The number of sulfone groups is 1. The predicted octanol–water partition coefficient (Wildman–Crippen LogP) is 1.66. The van der Waals surface area contributed by atoms with Crippen molar-refractivity contribution in [2.24, 2.45) is 0 Å². The van der Waals surface area contributed by atoms with Gasteiger partial charge in [-0.2, -0.15) is 0 Å². The van der Waals surface area contributed by atoms with Crippen LogP contribution in [0.15, 0.2) is 29.6 Å². The van der Waals surface area contributed by atoms with E-state index in [-0.39, 0.29) is 29.9 Å². The van der Waals surface area contributed by atoms with E-state index in [1.807, 2.05) is 29.6 Å². The zero-order valence-electron chi connectivity index (χ0n) is 13.2. The molecule has 1 aromatic carbocycles. The van der Waals surface area contributed by atoms with E-state index >= 15 is 0 Å². The molecule has 2 heterocycles. The lowest BCUT2D eigenvalue weighted by Gasteiger charge is -2.09. The van der Waals surface area contributed by atoms with Crippen LogP contribution >= 0.6 is 11.3 Å². The number of hydrogen-bond donors (Lipinski definition) is 1. The molecule has 0 bridgehead atoms. The molecule has 1 unspecified atom stereocenters. The van der Waals surface area contributed by atoms with Gasteiger partial charge in [-0.1, -0.05) is 12.1 Å². The summed E-state index contributed by atoms with van der Waals surface area (Å²) in [4.78, 5) is 16.5. The van der Waals surface area contributed by atoms with Gasteiger partial charge in [0.05, 0.1) is 30.7 Å². The first-order chi connectivity index (χ1) is 11.4. The van der Waals surface area contributed by atoms with E-state index in [0.717, 1.165) is 16.3 Å². The van der Waals surface area contributed by atoms with Gasteiger partial charge in [0.25, 0.3) is 0 Å². The van der Waals surface area contributed by atoms with Crippen molar-refractivity contribution in [3.8, 4) is 16.3 Å². The summed E-state index contributed by atoms with van der Waals surface area (Å²) in [7, 11) is -1.38. The fourth-order valence-electron chi connectivity index (χ4n) is 2.63. The Morgan fingerprint density at radius 3 is 3.00 bits per heavy atom. The van der Waals surface area contributed by atoms with Gasteiger partial charge in [0.2, 0.25) is 5.91 Å². The minimum atomic E-state index is -2.99. The fourth-order valence-corrected chi connectivity index (χ4v) is 5.12. The van der Waals surface area contributed by atoms with Crippen molar-refractivity contribution in [1.82, 2.24) is 10.3 Å². The van der Waals surface area contributed by atoms with Crippen molar-refractivity contribution < 1.29 is 17.9 Å². The lowest BCUT2D eigenvalue weighted by Crippen LogP contribution is -2.36. The number of aromatic nitrogens is 1. The maximum absolute atomic E-state index is 12.1. The van der Waals surface area contributed by atoms with E-state index < -0.39 is 9.84 Å². The number of hydrogen-bond acceptors (Lipinski definition) is 6. The van der Waals surface area contributed by atoms with Gasteiger partial charge in [-0.05, 0) is 18.6 Å². The van der Waals surface area contributed by atoms with Crippen LogP contribution in [-0.4, -0.2) is 44.0 Å². The summed E-state index contributed by atoms with van der Waals surface area (Å²) in [5.41, 5.74) is 1.61. The fraction of sp³-hybridized carbons (Fsp3) is 0.375. The second-order valence-corrected chi connectivity index (χ2v) is 8.81. The highest BCUT2D eigenvalue weighted by Gasteiger charge is 2.28. The van der Waals surface area contributed by atoms with Crippen molar-refractivity contribution in [3.05, 3.63) is 35.3 Å². The SMILES string of the molecule is COc1cccc(-c2nc(CC(=O)NC3CCS(=O)(=O)C3)cs2)c1. The van der Waals surface area contributed by atoms with Crippen LogP contribution in [0, 0.1) is 0 Å². The highest BCUT2D eigenvalue weighted by Crippen LogP contribution is 2.27. The van der Waals surface area contributed by atoms with Crippen LogP contribution in [0.2, 0.25) is 0 Å². The molecule has 1 saturated heterocycles. The molecule has 0 radical (unpaired) electrons. The number of carbonyl (C=O) groups is 1. The molecule has 6 nitrogen and oxygen atoms in total. The molecule has 8 heteroatoms. The summed E-state index contributed by atoms with van der Waals surface area (Å²) < 4.78 is 28.0. The van der Waals surface area contributed by atoms with Crippen LogP contribution < -0.4 is 10.1 Å². The third kappa shape index (κ3) is 4.12. The standard InChI is InChI=1S/C16H18N2O4S2/c1-22-14-4-2-3-11(7-14)16-18-13(9-23-16)8-15(19)17-12-5-6-24(20,21)10-12/h2-4,7,9,12H,5-6,8,10H2,1H3,(H,17,19). The molecule has 0 spiro atoms. The summed E-state index contributed by atoms with van der Waals surface area (Å²) in [5, 5.41) is 5.44. The molecular weight excluding hydrogens is 348 g/mol. The highest BCUT2D eigenvalue weighted by atomic mass is 32.2. The molecule has 0 saturated carbocycles. The Bertz CT molecular complexity index is 845. The monoisotopic (exact) mass is 366 g/mol. The number of nitrogens with one attached hydrogen (secondary N) is 1. The number of methoxy groups -OCH3 is 1. The average Bonchev–Trinajstić information content (AvgIpc) is 3.13. The topological polar surface area (TPSA) is 85.4 Å². The number of rotatable bonds is 5. The van der Waals surface area contributed by atoms with E-state index in [4.69, 9.17) is 4.74 Å². The Balaban J connectivity index is 1.62. The van der Waals surface area contributed by atoms with Gasteiger partial charge < -0.3 is 10.1 Å². The molecule has 1 amide bonds. The second kappa shape index (κ2) is 6.90. The molecule has 2 aromatic rings. The molecule has 128 valence electrons. The lowest BCUT2D eigenvalue weighted by atomic mass is 10.2. The zero-order valence-corrected chi connectivity index (χ0v) is 14.8. The smallest absolute Gasteiger partial charge is 0.226 e. The van der Waals surface area contributed by atoms with Gasteiger partial charge in [-0.3, -0.25) is 4.79 Å². The molecule has 1 aliphatic rings.